The number of nitrogens with zero attached hydrogens (tertiary/aromatic N) is 3. The number of carbonyl (C=O) groups is 1. The molecule has 0 spiro atoms. The zero-order valence-electron chi connectivity index (χ0n) is 13.3. The maximum atomic E-state index is 12.5. The van der Waals surface area contributed by atoms with Gasteiger partial charge in [-0.1, -0.05) is 0 Å². The van der Waals surface area contributed by atoms with Crippen molar-refractivity contribution in [1.29, 1.82) is 0 Å². The maximum absolute atomic E-state index is 12.5. The summed E-state index contributed by atoms with van der Waals surface area (Å²) < 4.78 is 5.81. The summed E-state index contributed by atoms with van der Waals surface area (Å²) in [5.41, 5.74) is 0. The van der Waals surface area contributed by atoms with Crippen LogP contribution in [0.4, 0.5) is 4.79 Å². The molecule has 2 aliphatic heterocycles. The fourth-order valence-electron chi connectivity index (χ4n) is 3.03. The van der Waals surface area contributed by atoms with E-state index in [4.69, 9.17) is 4.74 Å². The van der Waals surface area contributed by atoms with Crippen LogP contribution in [0.15, 0.2) is 0 Å². The molecule has 2 amide bonds. The molecule has 0 aliphatic carbocycles. The van der Waals surface area contributed by atoms with E-state index in [-0.39, 0.29) is 18.2 Å². The third kappa shape index (κ3) is 3.85. The van der Waals surface area contributed by atoms with Gasteiger partial charge in [-0.2, -0.15) is 0 Å². The summed E-state index contributed by atoms with van der Waals surface area (Å²) in [6.45, 7) is 13.8. The topological polar surface area (TPSA) is 36.0 Å². The van der Waals surface area contributed by atoms with Gasteiger partial charge in [0, 0.05) is 45.3 Å². The van der Waals surface area contributed by atoms with Gasteiger partial charge in [0.05, 0.1) is 12.2 Å². The molecule has 2 fully saturated rings. The molecule has 5 nitrogen and oxygen atoms in total. The van der Waals surface area contributed by atoms with Gasteiger partial charge in [0.15, 0.2) is 0 Å². The molecule has 2 saturated heterocycles. The number of ether oxygens (including phenoxy) is 1. The number of hydrogen-bond donors (Lipinski definition) is 0. The predicted molar refractivity (Wildman–Crippen MR) is 79.9 cm³/mol. The van der Waals surface area contributed by atoms with E-state index in [2.05, 4.69) is 32.6 Å². The van der Waals surface area contributed by atoms with Crippen LogP contribution >= 0.6 is 0 Å². The third-order valence-corrected chi connectivity index (χ3v) is 4.20. The van der Waals surface area contributed by atoms with Gasteiger partial charge in [-0.3, -0.25) is 4.90 Å². The largest absolute Gasteiger partial charge is 0.374 e. The predicted octanol–water partition coefficient (Wildman–Crippen LogP) is 1.63. The third-order valence-electron chi connectivity index (χ3n) is 4.20. The van der Waals surface area contributed by atoms with E-state index in [0.29, 0.717) is 6.04 Å². The molecule has 5 heteroatoms. The van der Waals surface area contributed by atoms with Gasteiger partial charge in [0.25, 0.3) is 0 Å². The average molecular weight is 283 g/mol. The summed E-state index contributed by atoms with van der Waals surface area (Å²) in [5, 5.41) is 0. The van der Waals surface area contributed by atoms with Gasteiger partial charge in [-0.15, -0.1) is 0 Å². The Balaban J connectivity index is 1.78. The molecule has 0 aromatic rings. The first-order valence-electron chi connectivity index (χ1n) is 7.90. The summed E-state index contributed by atoms with van der Waals surface area (Å²) in [7, 11) is 0. The quantitative estimate of drug-likeness (QED) is 0.790. The van der Waals surface area contributed by atoms with Crippen LogP contribution in [0.5, 0.6) is 0 Å². The molecule has 2 rings (SSSR count). The lowest BCUT2D eigenvalue weighted by Gasteiger charge is -2.38. The molecular weight excluding hydrogens is 254 g/mol. The SMILES string of the molecule is CC(C)OC1CCN(C(=O)N2CCN(C(C)C)CC2)C1. The zero-order valence-corrected chi connectivity index (χ0v) is 13.3. The number of rotatable bonds is 3. The first kappa shape index (κ1) is 15.6. The molecule has 0 bridgehead atoms. The van der Waals surface area contributed by atoms with E-state index in [1.807, 2.05) is 9.80 Å². The Labute approximate surface area is 122 Å². The maximum Gasteiger partial charge on any atom is 0.320 e. The standard InChI is InChI=1S/C15H29N3O2/c1-12(2)16-7-9-17(10-8-16)15(19)18-6-5-14(11-18)20-13(3)4/h12-14H,5-11H2,1-4H3. The number of piperazine rings is 1. The molecule has 116 valence electrons. The fourth-order valence-corrected chi connectivity index (χ4v) is 3.03. The van der Waals surface area contributed by atoms with Gasteiger partial charge >= 0.3 is 6.03 Å². The van der Waals surface area contributed by atoms with Crippen molar-refractivity contribution in [2.45, 2.75) is 52.4 Å². The Bertz CT molecular complexity index is 321. The number of likely N-dealkylation sites (tertiary alicyclic amines) is 1. The first-order chi connectivity index (χ1) is 9.47. The fraction of sp³-hybridized carbons (Fsp3) is 0.933. The summed E-state index contributed by atoms with van der Waals surface area (Å²) in [4.78, 5) is 18.9. The van der Waals surface area contributed by atoms with E-state index < -0.39 is 0 Å². The minimum Gasteiger partial charge on any atom is -0.374 e. The number of carbonyl (C=O) groups excluding carboxylic acids is 1. The van der Waals surface area contributed by atoms with Gasteiger partial charge < -0.3 is 14.5 Å². The molecule has 0 saturated carbocycles. The van der Waals surface area contributed by atoms with Crippen molar-refractivity contribution in [3.63, 3.8) is 0 Å². The second kappa shape index (κ2) is 6.76. The molecular formula is C15H29N3O2. The lowest BCUT2D eigenvalue weighted by Crippen LogP contribution is -2.53. The first-order valence-corrected chi connectivity index (χ1v) is 7.90. The van der Waals surface area contributed by atoms with Gasteiger partial charge in [-0.25, -0.2) is 4.79 Å². The Kier molecular flexibility index (Phi) is 5.27. The summed E-state index contributed by atoms with van der Waals surface area (Å²) >= 11 is 0. The smallest absolute Gasteiger partial charge is 0.320 e. The Hall–Kier alpha value is -0.810. The molecule has 2 aliphatic rings. The highest BCUT2D eigenvalue weighted by molar-refractivity contribution is 5.75. The van der Waals surface area contributed by atoms with Crippen LogP contribution < -0.4 is 0 Å². The van der Waals surface area contributed by atoms with Crippen molar-refractivity contribution in [3.05, 3.63) is 0 Å². The lowest BCUT2D eigenvalue weighted by molar-refractivity contribution is 0.0144. The van der Waals surface area contributed by atoms with Gasteiger partial charge in [-0.05, 0) is 34.1 Å². The van der Waals surface area contributed by atoms with E-state index >= 15 is 0 Å². The van der Waals surface area contributed by atoms with Gasteiger partial charge in [0.2, 0.25) is 0 Å². The van der Waals surface area contributed by atoms with Gasteiger partial charge in [0.1, 0.15) is 0 Å². The Morgan fingerprint density at radius 1 is 1.00 bits per heavy atom. The van der Waals surface area contributed by atoms with Crippen LogP contribution in [0.3, 0.4) is 0 Å². The van der Waals surface area contributed by atoms with Crippen LogP contribution in [0, 0.1) is 0 Å². The van der Waals surface area contributed by atoms with Crippen LogP contribution in [0.1, 0.15) is 34.1 Å². The summed E-state index contributed by atoms with van der Waals surface area (Å²) in [6, 6.07) is 0.770. The minimum absolute atomic E-state index is 0.197. The van der Waals surface area contributed by atoms with Crippen molar-refractivity contribution in [2.24, 2.45) is 0 Å². The van der Waals surface area contributed by atoms with Crippen LogP contribution in [-0.4, -0.2) is 78.2 Å². The van der Waals surface area contributed by atoms with Crippen LogP contribution in [0.25, 0.3) is 0 Å². The van der Waals surface area contributed by atoms with Crippen molar-refractivity contribution >= 4 is 6.03 Å². The highest BCUT2D eigenvalue weighted by Crippen LogP contribution is 2.17. The van der Waals surface area contributed by atoms with Crippen LogP contribution in [-0.2, 0) is 4.74 Å². The highest BCUT2D eigenvalue weighted by Gasteiger charge is 2.31. The molecule has 0 radical (unpaired) electrons. The lowest BCUT2D eigenvalue weighted by atomic mass is 10.2. The molecule has 1 unspecified atom stereocenters. The molecule has 0 N–H and O–H groups in total. The monoisotopic (exact) mass is 283 g/mol. The number of urea groups is 1. The van der Waals surface area contributed by atoms with E-state index in [1.165, 1.54) is 0 Å². The summed E-state index contributed by atoms with van der Waals surface area (Å²) in [5.74, 6) is 0. The number of hydrogen-bond acceptors (Lipinski definition) is 3. The second-order valence-corrected chi connectivity index (χ2v) is 6.44. The molecule has 0 aromatic carbocycles. The highest BCUT2D eigenvalue weighted by atomic mass is 16.5. The van der Waals surface area contributed by atoms with Crippen LogP contribution in [0.2, 0.25) is 0 Å². The van der Waals surface area contributed by atoms with Crippen molar-refractivity contribution in [2.75, 3.05) is 39.3 Å². The number of amides is 2. The van der Waals surface area contributed by atoms with E-state index in [1.54, 1.807) is 0 Å². The van der Waals surface area contributed by atoms with E-state index in [0.717, 1.165) is 45.7 Å². The average Bonchev–Trinajstić information content (AvgIpc) is 2.85. The molecule has 0 aromatic heterocycles. The molecule has 20 heavy (non-hydrogen) atoms. The van der Waals surface area contributed by atoms with Crippen molar-refractivity contribution in [1.82, 2.24) is 14.7 Å². The van der Waals surface area contributed by atoms with Crippen molar-refractivity contribution < 1.29 is 9.53 Å². The Morgan fingerprint density at radius 3 is 2.20 bits per heavy atom. The summed E-state index contributed by atoms with van der Waals surface area (Å²) in [6.07, 6.45) is 1.43. The zero-order chi connectivity index (χ0) is 14.7. The Morgan fingerprint density at radius 2 is 1.65 bits per heavy atom. The molecule has 2 heterocycles. The second-order valence-electron chi connectivity index (χ2n) is 6.44. The minimum atomic E-state index is 0.197. The molecule has 1 atom stereocenters. The normalized spacial score (nSPS) is 25.0. The van der Waals surface area contributed by atoms with E-state index in [9.17, 15) is 4.79 Å². The van der Waals surface area contributed by atoms with Crippen molar-refractivity contribution in [3.8, 4) is 0 Å².